The Hall–Kier alpha value is -3.48. The zero-order valence-electron chi connectivity index (χ0n) is 22.4. The summed E-state index contributed by atoms with van der Waals surface area (Å²) in [5, 5.41) is 28.6. The van der Waals surface area contributed by atoms with Crippen LogP contribution in [0.1, 0.15) is 41.6 Å². The normalized spacial score (nSPS) is 17.3. The van der Waals surface area contributed by atoms with Crippen LogP contribution in [0.25, 0.3) is 21.8 Å². The summed E-state index contributed by atoms with van der Waals surface area (Å²) in [5.74, 6) is -0.547. The number of phenolic OH excluding ortho intramolecular Hbond substituents is 1. The molecule has 0 radical (unpaired) electrons. The van der Waals surface area contributed by atoms with Crippen molar-refractivity contribution in [1.82, 2.24) is 29.6 Å². The van der Waals surface area contributed by atoms with E-state index in [1.54, 1.807) is 21.7 Å². The number of hydrogen-bond donors (Lipinski definition) is 4. The van der Waals surface area contributed by atoms with Crippen molar-refractivity contribution >= 4 is 50.1 Å². The highest BCUT2D eigenvalue weighted by molar-refractivity contribution is 7.82. The minimum Gasteiger partial charge on any atom is -0.507 e. The van der Waals surface area contributed by atoms with Crippen LogP contribution in [0.2, 0.25) is 0 Å². The number of hydrogen-bond acceptors (Lipinski definition) is 7. The van der Waals surface area contributed by atoms with Gasteiger partial charge in [-0.15, -0.1) is 0 Å². The number of aromatic hydroxyl groups is 1. The van der Waals surface area contributed by atoms with Crippen LogP contribution in [-0.4, -0.2) is 66.2 Å². The molecule has 4 N–H and O–H groups in total. The molecule has 6 rings (SSSR count). The summed E-state index contributed by atoms with van der Waals surface area (Å²) < 4.78 is 17.9. The molecule has 12 heteroatoms. The van der Waals surface area contributed by atoms with Gasteiger partial charge < -0.3 is 20.6 Å². The second-order valence-electron chi connectivity index (χ2n) is 10.7. The second-order valence-corrected chi connectivity index (χ2v) is 11.9. The molecule has 0 bridgehead atoms. The first-order valence-electron chi connectivity index (χ1n) is 13.3. The average molecular weight is 551 g/mol. The van der Waals surface area contributed by atoms with Crippen LogP contribution in [0, 0.1) is 0 Å². The number of carbonyl (C=O) groups excluding carboxylic acids is 1. The zero-order chi connectivity index (χ0) is 27.3. The topological polar surface area (TPSA) is 129 Å². The highest BCUT2D eigenvalue weighted by atomic mass is 32.2. The monoisotopic (exact) mass is 550 g/mol. The van der Waals surface area contributed by atoms with Crippen LogP contribution in [0.4, 0.5) is 11.4 Å². The van der Waals surface area contributed by atoms with Gasteiger partial charge in [-0.2, -0.15) is 10.2 Å². The molecule has 1 unspecified atom stereocenters. The highest BCUT2D eigenvalue weighted by Crippen LogP contribution is 2.37. The maximum atomic E-state index is 13.6. The Morgan fingerprint density at radius 2 is 1.72 bits per heavy atom. The lowest BCUT2D eigenvalue weighted by Crippen LogP contribution is -2.43. The quantitative estimate of drug-likeness (QED) is 0.265. The fraction of sp³-hybridized carbons (Fsp3) is 0.444. The van der Waals surface area contributed by atoms with Crippen molar-refractivity contribution in [2.45, 2.75) is 44.3 Å². The van der Waals surface area contributed by atoms with E-state index in [1.807, 2.05) is 38.6 Å². The molecule has 4 aromatic rings. The van der Waals surface area contributed by atoms with Crippen LogP contribution in [0.5, 0.6) is 5.75 Å². The van der Waals surface area contributed by atoms with Crippen LogP contribution in [-0.2, 0) is 31.6 Å². The third-order valence-corrected chi connectivity index (χ3v) is 8.06. The average Bonchev–Trinajstić information content (AvgIpc) is 3.49. The summed E-state index contributed by atoms with van der Waals surface area (Å²) in [4.78, 5) is 15.9. The Balaban J connectivity index is 1.29. The number of piperidine rings is 1. The van der Waals surface area contributed by atoms with Gasteiger partial charge in [0.05, 0.1) is 22.2 Å². The maximum absolute atomic E-state index is 13.6. The number of fused-ring (bicyclic) bond motifs is 2. The molecule has 11 nitrogen and oxygen atoms in total. The fourth-order valence-electron chi connectivity index (χ4n) is 5.52. The van der Waals surface area contributed by atoms with E-state index >= 15 is 0 Å². The summed E-state index contributed by atoms with van der Waals surface area (Å²) in [6.07, 6.45) is 9.99. The summed E-state index contributed by atoms with van der Waals surface area (Å²) in [6, 6.07) is 6.58. The lowest BCUT2D eigenvalue weighted by molar-refractivity contribution is 0.102. The van der Waals surface area contributed by atoms with E-state index in [9.17, 15) is 14.1 Å². The summed E-state index contributed by atoms with van der Waals surface area (Å²) in [6.45, 7) is 2.09. The van der Waals surface area contributed by atoms with E-state index < -0.39 is 16.9 Å². The third kappa shape index (κ3) is 5.36. The number of nitrogens with zero attached hydrogens (tertiary/aromatic N) is 5. The van der Waals surface area contributed by atoms with Gasteiger partial charge >= 0.3 is 0 Å². The van der Waals surface area contributed by atoms with E-state index in [1.165, 1.54) is 12.8 Å². The van der Waals surface area contributed by atoms with Crippen LogP contribution in [0.3, 0.4) is 0 Å². The largest absolute Gasteiger partial charge is 0.507 e. The molecule has 1 aliphatic heterocycles. The highest BCUT2D eigenvalue weighted by Gasteiger charge is 2.29. The second kappa shape index (κ2) is 10.2. The van der Waals surface area contributed by atoms with Gasteiger partial charge in [0.1, 0.15) is 16.8 Å². The minimum atomic E-state index is -1.20. The van der Waals surface area contributed by atoms with Crippen molar-refractivity contribution in [2.75, 3.05) is 29.6 Å². The number of phenols is 1. The molecule has 1 saturated heterocycles. The van der Waals surface area contributed by atoms with Crippen molar-refractivity contribution in [3.63, 3.8) is 0 Å². The third-order valence-electron chi connectivity index (χ3n) is 7.51. The number of aromatic nitrogens is 4. The van der Waals surface area contributed by atoms with E-state index in [0.29, 0.717) is 29.8 Å². The van der Waals surface area contributed by atoms with Crippen molar-refractivity contribution in [3.8, 4) is 5.75 Å². The molecule has 2 aromatic carbocycles. The molecule has 3 heterocycles. The first kappa shape index (κ1) is 25.8. The van der Waals surface area contributed by atoms with Gasteiger partial charge in [0.25, 0.3) is 5.91 Å². The van der Waals surface area contributed by atoms with E-state index in [-0.39, 0.29) is 11.3 Å². The predicted molar refractivity (Wildman–Crippen MR) is 153 cm³/mol. The van der Waals surface area contributed by atoms with Crippen molar-refractivity contribution in [3.05, 3.63) is 41.7 Å². The molecule has 39 heavy (non-hydrogen) atoms. The SMILES string of the molecule is Cn1cc2cc(NC(=O)c3c(O)cc(N4CCC(NC5CC5)CC4)c4cn(C)nc34)cc(CNS(C)=O)c2n1. The Bertz CT molecular complexity index is 1580. The number of nitrogens with one attached hydrogen (secondary N) is 3. The molecule has 206 valence electrons. The van der Waals surface area contributed by atoms with Crippen molar-refractivity contribution < 1.29 is 14.1 Å². The van der Waals surface area contributed by atoms with Gasteiger partial charge in [0.2, 0.25) is 0 Å². The van der Waals surface area contributed by atoms with Gasteiger partial charge in [-0.3, -0.25) is 14.2 Å². The Morgan fingerprint density at radius 1 is 1.03 bits per heavy atom. The number of aryl methyl sites for hydroxylation is 2. The Morgan fingerprint density at radius 3 is 2.44 bits per heavy atom. The Labute approximate surface area is 229 Å². The van der Waals surface area contributed by atoms with Gasteiger partial charge in [-0.25, -0.2) is 8.93 Å². The zero-order valence-corrected chi connectivity index (χ0v) is 23.2. The smallest absolute Gasteiger partial charge is 0.261 e. The standard InChI is InChI=1S/C27H34N8O3S/c1-33-14-17-11-20(10-16(25(17)31-33)13-28-39(3)38)30-27(37)24-23(36)12-22(21-15-34(2)32-26(21)24)35-8-6-19(7-9-35)29-18-4-5-18/h10-12,14-15,18-19,28-29,36H,4-9,13H2,1-3H3,(H,30,37). The first-order chi connectivity index (χ1) is 18.7. The maximum Gasteiger partial charge on any atom is 0.261 e. The summed E-state index contributed by atoms with van der Waals surface area (Å²) in [7, 11) is 2.46. The fourth-order valence-corrected chi connectivity index (χ4v) is 5.88. The molecule has 1 atom stereocenters. The molecule has 1 amide bonds. The number of benzene rings is 2. The number of anilines is 2. The first-order valence-corrected chi connectivity index (χ1v) is 14.9. The minimum absolute atomic E-state index is 0.0994. The van der Waals surface area contributed by atoms with E-state index in [2.05, 4.69) is 30.5 Å². The van der Waals surface area contributed by atoms with Crippen molar-refractivity contribution in [2.24, 2.45) is 14.1 Å². The molecular formula is C27H34N8O3S. The molecule has 2 aromatic heterocycles. The Kier molecular flexibility index (Phi) is 6.77. The number of carbonyl (C=O) groups is 1. The molecule has 2 fully saturated rings. The van der Waals surface area contributed by atoms with Crippen LogP contribution in [0.15, 0.2) is 30.6 Å². The molecule has 2 aliphatic rings. The molecule has 1 aliphatic carbocycles. The van der Waals surface area contributed by atoms with Crippen LogP contribution < -0.4 is 20.3 Å². The summed E-state index contributed by atoms with van der Waals surface area (Å²) >= 11 is 0. The predicted octanol–water partition coefficient (Wildman–Crippen LogP) is 2.52. The van der Waals surface area contributed by atoms with E-state index in [4.69, 9.17) is 0 Å². The van der Waals surface area contributed by atoms with Crippen LogP contribution >= 0.6 is 0 Å². The van der Waals surface area contributed by atoms with Gasteiger partial charge in [0, 0.05) is 87.0 Å². The van der Waals surface area contributed by atoms with Gasteiger partial charge in [0.15, 0.2) is 0 Å². The number of amides is 1. The summed E-state index contributed by atoms with van der Waals surface area (Å²) in [5.41, 5.74) is 3.63. The molecular weight excluding hydrogens is 516 g/mol. The molecule has 0 spiro atoms. The van der Waals surface area contributed by atoms with E-state index in [0.717, 1.165) is 53.5 Å². The van der Waals surface area contributed by atoms with Gasteiger partial charge in [-0.05, 0) is 43.4 Å². The lowest BCUT2D eigenvalue weighted by Gasteiger charge is -2.34. The van der Waals surface area contributed by atoms with Crippen molar-refractivity contribution in [1.29, 1.82) is 0 Å². The lowest BCUT2D eigenvalue weighted by atomic mass is 10.0. The number of rotatable bonds is 8. The van der Waals surface area contributed by atoms with Gasteiger partial charge in [-0.1, -0.05) is 0 Å². The molecule has 1 saturated carbocycles.